The quantitative estimate of drug-likeness (QED) is 0.765. The first kappa shape index (κ1) is 12.4. The molecule has 0 unspecified atom stereocenters. The van der Waals surface area contributed by atoms with E-state index in [9.17, 15) is 4.39 Å². The third-order valence-corrected chi connectivity index (χ3v) is 3.76. The molecule has 1 nitrogen and oxygen atoms in total. The van der Waals surface area contributed by atoms with Crippen molar-refractivity contribution in [3.63, 3.8) is 0 Å². The summed E-state index contributed by atoms with van der Waals surface area (Å²) >= 11 is 0. The van der Waals surface area contributed by atoms with Crippen molar-refractivity contribution in [1.29, 1.82) is 0 Å². The highest BCUT2D eigenvalue weighted by Gasteiger charge is 2.24. The highest BCUT2D eigenvalue weighted by Crippen LogP contribution is 2.17. The fourth-order valence-electron chi connectivity index (χ4n) is 2.60. The number of benzene rings is 2. The summed E-state index contributed by atoms with van der Waals surface area (Å²) in [5.74, 6) is -0.104. The molecule has 0 saturated carbocycles. The van der Waals surface area contributed by atoms with Gasteiger partial charge in [-0.1, -0.05) is 43.2 Å². The second kappa shape index (κ2) is 5.18. The molecule has 19 heavy (non-hydrogen) atoms. The van der Waals surface area contributed by atoms with Crippen molar-refractivity contribution >= 4 is 12.4 Å². The molecule has 0 aliphatic carbocycles. The minimum Gasteiger partial charge on any atom is -0.427 e. The molecule has 0 bridgehead atoms. The Hall–Kier alpha value is -1.61. The van der Waals surface area contributed by atoms with Gasteiger partial charge in [-0.25, -0.2) is 4.39 Å². The van der Waals surface area contributed by atoms with E-state index >= 15 is 0 Å². The van der Waals surface area contributed by atoms with Crippen LogP contribution < -0.4 is 5.46 Å². The number of rotatable bonds is 3. The van der Waals surface area contributed by atoms with Gasteiger partial charge in [0, 0.05) is 0 Å². The summed E-state index contributed by atoms with van der Waals surface area (Å²) in [6, 6.07) is 13.8. The van der Waals surface area contributed by atoms with E-state index in [0.29, 0.717) is 6.61 Å². The minimum absolute atomic E-state index is 0.0890. The molecule has 0 fully saturated rings. The molecular formula is C16H16BFO. The maximum Gasteiger partial charge on any atom is 0.324 e. The Morgan fingerprint density at radius 3 is 2.74 bits per heavy atom. The zero-order valence-corrected chi connectivity index (χ0v) is 11.0. The average Bonchev–Trinajstić information content (AvgIpc) is 2.78. The Morgan fingerprint density at radius 1 is 1.16 bits per heavy atom. The summed E-state index contributed by atoms with van der Waals surface area (Å²) in [6.07, 6.45) is 1.60. The number of hydrogen-bond donors (Lipinski definition) is 0. The maximum absolute atomic E-state index is 14.0. The Bertz CT molecular complexity index is 583. The third kappa shape index (κ3) is 2.56. The molecule has 0 radical (unpaired) electrons. The molecule has 0 N–H and O–H groups in total. The van der Waals surface area contributed by atoms with Crippen LogP contribution in [0.5, 0.6) is 0 Å². The summed E-state index contributed by atoms with van der Waals surface area (Å²) in [5.41, 5.74) is 4.17. The van der Waals surface area contributed by atoms with Crippen LogP contribution in [0.3, 0.4) is 0 Å². The Kier molecular flexibility index (Phi) is 3.39. The minimum atomic E-state index is -0.104. The van der Waals surface area contributed by atoms with E-state index in [1.54, 1.807) is 6.07 Å². The van der Waals surface area contributed by atoms with Gasteiger partial charge in [0.25, 0.3) is 0 Å². The van der Waals surface area contributed by atoms with Crippen LogP contribution in [-0.4, -0.2) is 6.92 Å². The van der Waals surface area contributed by atoms with Gasteiger partial charge in [0.05, 0.1) is 6.61 Å². The van der Waals surface area contributed by atoms with Crippen molar-refractivity contribution < 1.29 is 9.04 Å². The van der Waals surface area contributed by atoms with Crippen LogP contribution in [0.1, 0.15) is 16.7 Å². The SMILES string of the molecule is CB1OCc2cc(F)c(CCc3ccccc3)cc21. The third-order valence-electron chi connectivity index (χ3n) is 3.76. The molecule has 0 amide bonds. The van der Waals surface area contributed by atoms with Gasteiger partial charge in [-0.15, -0.1) is 0 Å². The number of hydrogen-bond acceptors (Lipinski definition) is 1. The molecule has 2 aromatic carbocycles. The summed E-state index contributed by atoms with van der Waals surface area (Å²) < 4.78 is 19.5. The van der Waals surface area contributed by atoms with Gasteiger partial charge in [0.15, 0.2) is 0 Å². The molecule has 1 aliphatic heterocycles. The molecule has 0 saturated heterocycles. The van der Waals surface area contributed by atoms with E-state index in [1.807, 2.05) is 31.1 Å². The predicted molar refractivity (Wildman–Crippen MR) is 76.3 cm³/mol. The summed E-state index contributed by atoms with van der Waals surface area (Å²) in [5, 5.41) is 0. The van der Waals surface area contributed by atoms with Gasteiger partial charge in [0.1, 0.15) is 5.82 Å². The summed E-state index contributed by atoms with van der Waals surface area (Å²) in [7, 11) is 0. The van der Waals surface area contributed by atoms with E-state index in [4.69, 9.17) is 4.65 Å². The van der Waals surface area contributed by atoms with E-state index < -0.39 is 0 Å². The highest BCUT2D eigenvalue weighted by atomic mass is 19.1. The fraction of sp³-hybridized carbons (Fsp3) is 0.250. The number of aryl methyl sites for hydroxylation is 2. The molecule has 2 aromatic rings. The van der Waals surface area contributed by atoms with Gasteiger partial charge in [-0.05, 0) is 41.1 Å². The van der Waals surface area contributed by atoms with Crippen molar-refractivity contribution in [2.45, 2.75) is 26.3 Å². The van der Waals surface area contributed by atoms with Gasteiger partial charge < -0.3 is 4.65 Å². The Morgan fingerprint density at radius 2 is 1.95 bits per heavy atom. The van der Waals surface area contributed by atoms with Crippen LogP contribution in [0.2, 0.25) is 6.82 Å². The molecule has 1 aliphatic rings. The van der Waals surface area contributed by atoms with Crippen molar-refractivity contribution in [3.8, 4) is 0 Å². The summed E-state index contributed by atoms with van der Waals surface area (Å²) in [6.45, 7) is 2.64. The van der Waals surface area contributed by atoms with E-state index in [1.165, 1.54) is 5.56 Å². The lowest BCUT2D eigenvalue weighted by Crippen LogP contribution is -2.25. The van der Waals surface area contributed by atoms with Gasteiger partial charge in [0.2, 0.25) is 0 Å². The molecule has 0 spiro atoms. The molecule has 3 rings (SSSR count). The molecule has 0 aromatic heterocycles. The lowest BCUT2D eigenvalue weighted by Gasteiger charge is -2.07. The number of fused-ring (bicyclic) bond motifs is 1. The fourth-order valence-corrected chi connectivity index (χ4v) is 2.60. The van der Waals surface area contributed by atoms with Crippen LogP contribution >= 0.6 is 0 Å². The molecule has 96 valence electrons. The van der Waals surface area contributed by atoms with Gasteiger partial charge in [-0.2, -0.15) is 0 Å². The number of halogens is 1. The maximum atomic E-state index is 14.0. The molecule has 3 heteroatoms. The van der Waals surface area contributed by atoms with Crippen LogP contribution in [0.4, 0.5) is 4.39 Å². The second-order valence-corrected chi connectivity index (χ2v) is 5.08. The van der Waals surface area contributed by atoms with Crippen molar-refractivity contribution in [1.82, 2.24) is 0 Å². The van der Waals surface area contributed by atoms with Crippen molar-refractivity contribution in [3.05, 3.63) is 65.0 Å². The van der Waals surface area contributed by atoms with Crippen LogP contribution in [0.15, 0.2) is 42.5 Å². The monoisotopic (exact) mass is 254 g/mol. The zero-order chi connectivity index (χ0) is 13.2. The van der Waals surface area contributed by atoms with Crippen LogP contribution in [-0.2, 0) is 24.1 Å². The first-order valence-electron chi connectivity index (χ1n) is 6.71. The predicted octanol–water partition coefficient (Wildman–Crippen LogP) is 2.97. The molecule has 0 atom stereocenters. The van der Waals surface area contributed by atoms with E-state index in [2.05, 4.69) is 12.1 Å². The van der Waals surface area contributed by atoms with Crippen LogP contribution in [0.25, 0.3) is 0 Å². The Balaban J connectivity index is 1.80. The first-order valence-corrected chi connectivity index (χ1v) is 6.71. The highest BCUT2D eigenvalue weighted by molar-refractivity contribution is 6.67. The molecular weight excluding hydrogens is 238 g/mol. The smallest absolute Gasteiger partial charge is 0.324 e. The normalized spacial score (nSPS) is 13.7. The van der Waals surface area contributed by atoms with E-state index in [-0.39, 0.29) is 12.7 Å². The first-order chi connectivity index (χ1) is 9.24. The standard InChI is InChI=1S/C16H16BFO/c1-17-15-9-13(16(18)10-14(15)11-19-17)8-7-12-5-3-2-4-6-12/h2-6,9-10H,7-8,11H2,1H3. The lowest BCUT2D eigenvalue weighted by atomic mass is 9.64. The van der Waals surface area contributed by atoms with Crippen LogP contribution in [0, 0.1) is 5.82 Å². The largest absolute Gasteiger partial charge is 0.427 e. The van der Waals surface area contributed by atoms with Gasteiger partial charge >= 0.3 is 6.92 Å². The average molecular weight is 254 g/mol. The Labute approximate surface area is 113 Å². The lowest BCUT2D eigenvalue weighted by molar-refractivity contribution is 0.333. The van der Waals surface area contributed by atoms with Crippen molar-refractivity contribution in [2.75, 3.05) is 0 Å². The zero-order valence-electron chi connectivity index (χ0n) is 11.0. The second-order valence-electron chi connectivity index (χ2n) is 5.08. The van der Waals surface area contributed by atoms with Crippen molar-refractivity contribution in [2.24, 2.45) is 0 Å². The topological polar surface area (TPSA) is 9.23 Å². The molecule has 1 heterocycles. The summed E-state index contributed by atoms with van der Waals surface area (Å²) in [4.78, 5) is 0. The van der Waals surface area contributed by atoms with E-state index in [0.717, 1.165) is 29.4 Å². The van der Waals surface area contributed by atoms with Gasteiger partial charge in [-0.3, -0.25) is 0 Å².